The number of carbonyl (C=O) groups is 2. The third kappa shape index (κ3) is 6.26. The van der Waals surface area contributed by atoms with Crippen LogP contribution in [0.15, 0.2) is 24.3 Å². The molecule has 5 nitrogen and oxygen atoms in total. The summed E-state index contributed by atoms with van der Waals surface area (Å²) < 4.78 is 10.3. The quantitative estimate of drug-likeness (QED) is 0.518. The van der Waals surface area contributed by atoms with Gasteiger partial charge < -0.3 is 9.47 Å². The minimum absolute atomic E-state index is 0.235. The second kappa shape index (κ2) is 9.95. The molecular weight excluding hydrogens is 282 g/mol. The van der Waals surface area contributed by atoms with Crippen LogP contribution < -0.4 is 4.74 Å². The van der Waals surface area contributed by atoms with E-state index in [2.05, 4.69) is 18.7 Å². The van der Waals surface area contributed by atoms with Crippen molar-refractivity contribution in [3.8, 4) is 5.75 Å². The fourth-order valence-electron chi connectivity index (χ4n) is 2.19. The van der Waals surface area contributed by atoms with Crippen molar-refractivity contribution in [3.05, 3.63) is 29.8 Å². The highest BCUT2D eigenvalue weighted by Crippen LogP contribution is 2.19. The fraction of sp³-hybridized carbons (Fsp3) is 0.529. The van der Waals surface area contributed by atoms with Gasteiger partial charge in [0.05, 0.1) is 0 Å². The Morgan fingerprint density at radius 3 is 2.27 bits per heavy atom. The largest absolute Gasteiger partial charge is 0.461 e. The van der Waals surface area contributed by atoms with Gasteiger partial charge >= 0.3 is 11.9 Å². The van der Waals surface area contributed by atoms with Crippen LogP contribution in [-0.2, 0) is 9.53 Å². The molecule has 0 fully saturated rings. The maximum atomic E-state index is 12.1. The Kier molecular flexibility index (Phi) is 8.22. The van der Waals surface area contributed by atoms with Gasteiger partial charge in [0.15, 0.2) is 0 Å². The predicted octanol–water partition coefficient (Wildman–Crippen LogP) is 2.89. The molecule has 1 aromatic rings. The summed E-state index contributed by atoms with van der Waals surface area (Å²) in [4.78, 5) is 25.4. The van der Waals surface area contributed by atoms with Gasteiger partial charge in [0.1, 0.15) is 17.9 Å². The van der Waals surface area contributed by atoms with Gasteiger partial charge in [-0.15, -0.1) is 0 Å². The highest BCUT2D eigenvalue weighted by atomic mass is 16.5. The van der Waals surface area contributed by atoms with Crippen LogP contribution in [-0.4, -0.2) is 43.1 Å². The van der Waals surface area contributed by atoms with Crippen molar-refractivity contribution in [2.75, 3.05) is 26.2 Å². The van der Waals surface area contributed by atoms with Gasteiger partial charge in [-0.2, -0.15) is 0 Å². The summed E-state index contributed by atoms with van der Waals surface area (Å²) >= 11 is 0. The molecule has 0 N–H and O–H groups in total. The number of carbonyl (C=O) groups excluding carboxylic acids is 2. The van der Waals surface area contributed by atoms with Gasteiger partial charge in [0.2, 0.25) is 0 Å². The van der Waals surface area contributed by atoms with Gasteiger partial charge in [0, 0.05) is 13.5 Å². The van der Waals surface area contributed by atoms with Crippen LogP contribution >= 0.6 is 0 Å². The summed E-state index contributed by atoms with van der Waals surface area (Å²) in [5, 5.41) is 0. The molecule has 0 saturated heterocycles. The van der Waals surface area contributed by atoms with Gasteiger partial charge in [-0.1, -0.05) is 26.0 Å². The number of ether oxygens (including phenoxy) is 2. The van der Waals surface area contributed by atoms with E-state index in [1.54, 1.807) is 24.3 Å². The number of hydrogen-bond donors (Lipinski definition) is 0. The smallest absolute Gasteiger partial charge is 0.341 e. The minimum atomic E-state index is -0.468. The Hall–Kier alpha value is -1.88. The topological polar surface area (TPSA) is 55.8 Å². The van der Waals surface area contributed by atoms with Crippen molar-refractivity contribution in [2.45, 2.75) is 33.6 Å². The van der Waals surface area contributed by atoms with Crippen LogP contribution in [0.2, 0.25) is 0 Å². The standard InChI is InChI=1S/C17H25NO4/c1-4-10-18(11-5-2)12-13-21-17(20)15-8-6-7-9-16(15)22-14(3)19/h6-9H,4-5,10-13H2,1-3H3. The van der Waals surface area contributed by atoms with Crippen molar-refractivity contribution in [1.82, 2.24) is 4.90 Å². The van der Waals surface area contributed by atoms with Crippen LogP contribution in [0.25, 0.3) is 0 Å². The average molecular weight is 307 g/mol. The van der Waals surface area contributed by atoms with E-state index in [0.717, 1.165) is 25.9 Å². The number of hydrogen-bond acceptors (Lipinski definition) is 5. The zero-order chi connectivity index (χ0) is 16.4. The maximum Gasteiger partial charge on any atom is 0.341 e. The first kappa shape index (κ1) is 18.2. The van der Waals surface area contributed by atoms with Crippen molar-refractivity contribution in [2.24, 2.45) is 0 Å². The first-order chi connectivity index (χ1) is 10.6. The molecule has 0 unspecified atom stereocenters. The van der Waals surface area contributed by atoms with E-state index in [1.807, 2.05) is 0 Å². The summed E-state index contributed by atoms with van der Waals surface area (Å²) in [6.07, 6.45) is 2.15. The molecule has 22 heavy (non-hydrogen) atoms. The summed E-state index contributed by atoms with van der Waals surface area (Å²) in [5.74, 6) is -0.693. The third-order valence-electron chi connectivity index (χ3n) is 3.08. The van der Waals surface area contributed by atoms with Crippen LogP contribution in [0, 0.1) is 0 Å². The lowest BCUT2D eigenvalue weighted by Crippen LogP contribution is -2.30. The van der Waals surface area contributed by atoms with Crippen LogP contribution in [0.5, 0.6) is 5.75 Å². The zero-order valence-corrected chi connectivity index (χ0v) is 13.6. The van der Waals surface area contributed by atoms with E-state index in [4.69, 9.17) is 9.47 Å². The molecule has 0 aliphatic heterocycles. The van der Waals surface area contributed by atoms with E-state index >= 15 is 0 Å². The molecule has 0 spiro atoms. The lowest BCUT2D eigenvalue weighted by Gasteiger charge is -2.20. The highest BCUT2D eigenvalue weighted by molar-refractivity contribution is 5.93. The van der Waals surface area contributed by atoms with E-state index in [1.165, 1.54) is 6.92 Å². The van der Waals surface area contributed by atoms with E-state index < -0.39 is 11.9 Å². The van der Waals surface area contributed by atoms with E-state index in [0.29, 0.717) is 13.2 Å². The third-order valence-corrected chi connectivity index (χ3v) is 3.08. The van der Waals surface area contributed by atoms with Crippen molar-refractivity contribution in [3.63, 3.8) is 0 Å². The van der Waals surface area contributed by atoms with Crippen molar-refractivity contribution in [1.29, 1.82) is 0 Å². The Balaban J connectivity index is 2.56. The Morgan fingerprint density at radius 2 is 1.68 bits per heavy atom. The number of benzene rings is 1. The summed E-state index contributed by atoms with van der Waals surface area (Å²) in [7, 11) is 0. The molecule has 0 aliphatic carbocycles. The predicted molar refractivity (Wildman–Crippen MR) is 85.1 cm³/mol. The molecule has 0 aliphatic rings. The number of nitrogens with zero attached hydrogens (tertiary/aromatic N) is 1. The van der Waals surface area contributed by atoms with Crippen molar-refractivity contribution < 1.29 is 19.1 Å². The molecule has 1 aromatic carbocycles. The first-order valence-corrected chi connectivity index (χ1v) is 7.75. The van der Waals surface area contributed by atoms with Gasteiger partial charge in [-0.3, -0.25) is 9.69 Å². The number of para-hydroxylation sites is 1. The zero-order valence-electron chi connectivity index (χ0n) is 13.6. The van der Waals surface area contributed by atoms with Crippen molar-refractivity contribution >= 4 is 11.9 Å². The Labute approximate surface area is 132 Å². The monoisotopic (exact) mass is 307 g/mol. The minimum Gasteiger partial charge on any atom is -0.461 e. The Morgan fingerprint density at radius 1 is 1.05 bits per heavy atom. The molecule has 122 valence electrons. The fourth-order valence-corrected chi connectivity index (χ4v) is 2.19. The normalized spacial score (nSPS) is 10.5. The number of rotatable bonds is 9. The molecule has 0 bridgehead atoms. The van der Waals surface area contributed by atoms with Crippen LogP contribution in [0.3, 0.4) is 0 Å². The SMILES string of the molecule is CCCN(CCC)CCOC(=O)c1ccccc1OC(C)=O. The summed E-state index contributed by atoms with van der Waals surface area (Å²) in [6.45, 7) is 8.59. The maximum absolute atomic E-state index is 12.1. The van der Waals surface area contributed by atoms with E-state index in [9.17, 15) is 9.59 Å². The van der Waals surface area contributed by atoms with Gasteiger partial charge in [-0.25, -0.2) is 4.79 Å². The van der Waals surface area contributed by atoms with E-state index in [-0.39, 0.29) is 11.3 Å². The lowest BCUT2D eigenvalue weighted by molar-refractivity contribution is -0.131. The highest BCUT2D eigenvalue weighted by Gasteiger charge is 2.15. The second-order valence-corrected chi connectivity index (χ2v) is 5.07. The first-order valence-electron chi connectivity index (χ1n) is 7.75. The lowest BCUT2D eigenvalue weighted by atomic mass is 10.2. The van der Waals surface area contributed by atoms with Crippen LogP contribution in [0.4, 0.5) is 0 Å². The van der Waals surface area contributed by atoms with Gasteiger partial charge in [-0.05, 0) is 38.1 Å². The molecule has 5 heteroatoms. The molecular formula is C17H25NO4. The molecule has 1 rings (SSSR count). The second-order valence-electron chi connectivity index (χ2n) is 5.07. The summed E-state index contributed by atoms with van der Waals surface area (Å²) in [5.41, 5.74) is 0.273. The molecule has 0 atom stereocenters. The molecule has 0 aromatic heterocycles. The summed E-state index contributed by atoms with van der Waals surface area (Å²) in [6, 6.07) is 6.60. The van der Waals surface area contributed by atoms with Crippen LogP contribution in [0.1, 0.15) is 44.0 Å². The molecule has 0 amide bonds. The average Bonchev–Trinajstić information content (AvgIpc) is 2.47. The molecule has 0 heterocycles. The Bertz CT molecular complexity index is 481. The molecule has 0 saturated carbocycles. The van der Waals surface area contributed by atoms with Gasteiger partial charge in [0.25, 0.3) is 0 Å². The number of esters is 2. The molecule has 0 radical (unpaired) electrons.